The summed E-state index contributed by atoms with van der Waals surface area (Å²) < 4.78 is 5.61. The number of benzene rings is 2. The van der Waals surface area contributed by atoms with E-state index in [4.69, 9.17) is 10.5 Å². The lowest BCUT2D eigenvalue weighted by atomic mass is 10.1. The van der Waals surface area contributed by atoms with Gasteiger partial charge in [0.2, 0.25) is 5.91 Å². The largest absolute Gasteiger partial charge is 0.492 e. The van der Waals surface area contributed by atoms with Gasteiger partial charge in [0, 0.05) is 12.2 Å². The Labute approximate surface area is 161 Å². The summed E-state index contributed by atoms with van der Waals surface area (Å²) in [4.78, 5) is 14.2. The second kappa shape index (κ2) is 11.7. The second-order valence-corrected chi connectivity index (χ2v) is 5.55. The first-order valence-electron chi connectivity index (χ1n) is 7.55. The van der Waals surface area contributed by atoms with Gasteiger partial charge in [-0.3, -0.25) is 4.79 Å². The molecule has 1 amide bonds. The molecule has 0 saturated heterocycles. The van der Waals surface area contributed by atoms with E-state index in [-0.39, 0.29) is 30.7 Å². The van der Waals surface area contributed by atoms with E-state index in [9.17, 15) is 4.79 Å². The molecule has 0 spiro atoms. The lowest BCUT2D eigenvalue weighted by molar-refractivity contribution is -0.117. The minimum absolute atomic E-state index is 0. The van der Waals surface area contributed by atoms with Crippen LogP contribution in [0, 0.1) is 0 Å². The zero-order chi connectivity index (χ0) is 16.7. The Morgan fingerprint density at radius 3 is 2.24 bits per heavy atom. The predicted molar refractivity (Wildman–Crippen MR) is 107 cm³/mol. The average Bonchev–Trinajstić information content (AvgIpc) is 2.56. The van der Waals surface area contributed by atoms with Crippen LogP contribution in [0.1, 0.15) is 11.6 Å². The third kappa shape index (κ3) is 7.75. The summed E-state index contributed by atoms with van der Waals surface area (Å²) >= 11 is 0. The fourth-order valence-electron chi connectivity index (χ4n) is 2.01. The summed E-state index contributed by atoms with van der Waals surface area (Å²) in [6, 6.07) is 15.9. The van der Waals surface area contributed by atoms with Crippen LogP contribution < -0.4 is 15.8 Å². The highest BCUT2D eigenvalue weighted by atomic mass is 35.5. The molecular formula is C18H25Cl2N3O2. The smallest absolute Gasteiger partial charge is 0.245 e. The molecular weight excluding hydrogens is 361 g/mol. The van der Waals surface area contributed by atoms with Crippen LogP contribution in [0.4, 0.5) is 5.69 Å². The quantitative estimate of drug-likeness (QED) is 0.768. The number of halogens is 2. The van der Waals surface area contributed by atoms with Gasteiger partial charge in [0.1, 0.15) is 18.4 Å². The SMILES string of the molecule is CN(C)CCOc1ccc(NC(=O)C(N)c2ccccc2)cc1.Cl.Cl. The van der Waals surface area contributed by atoms with Crippen molar-refractivity contribution in [2.45, 2.75) is 6.04 Å². The summed E-state index contributed by atoms with van der Waals surface area (Å²) in [6.07, 6.45) is 0. The van der Waals surface area contributed by atoms with E-state index >= 15 is 0 Å². The Kier molecular flexibility index (Phi) is 10.9. The predicted octanol–water partition coefficient (Wildman–Crippen LogP) is 3.11. The molecule has 2 rings (SSSR count). The van der Waals surface area contributed by atoms with Gasteiger partial charge in [0.15, 0.2) is 0 Å². The Morgan fingerprint density at radius 2 is 1.68 bits per heavy atom. The molecule has 0 saturated carbocycles. The summed E-state index contributed by atoms with van der Waals surface area (Å²) in [6.45, 7) is 1.47. The molecule has 2 aromatic rings. The van der Waals surface area contributed by atoms with E-state index in [0.29, 0.717) is 12.3 Å². The zero-order valence-corrected chi connectivity index (χ0v) is 16.0. The third-order valence-corrected chi connectivity index (χ3v) is 3.37. The number of carbonyl (C=O) groups is 1. The molecule has 0 aromatic heterocycles. The molecule has 0 bridgehead atoms. The van der Waals surface area contributed by atoms with Gasteiger partial charge in [-0.25, -0.2) is 0 Å². The summed E-state index contributed by atoms with van der Waals surface area (Å²) in [7, 11) is 4.00. The molecule has 0 aliphatic carbocycles. The van der Waals surface area contributed by atoms with Crippen molar-refractivity contribution in [3.63, 3.8) is 0 Å². The number of carbonyl (C=O) groups excluding carboxylic acids is 1. The van der Waals surface area contributed by atoms with Gasteiger partial charge in [-0.2, -0.15) is 0 Å². The summed E-state index contributed by atoms with van der Waals surface area (Å²) in [5, 5.41) is 2.81. The minimum atomic E-state index is -0.688. The van der Waals surface area contributed by atoms with Crippen LogP contribution in [-0.4, -0.2) is 38.1 Å². The molecule has 1 unspecified atom stereocenters. The maximum atomic E-state index is 12.2. The van der Waals surface area contributed by atoms with E-state index in [0.717, 1.165) is 17.9 Å². The summed E-state index contributed by atoms with van der Waals surface area (Å²) in [5.41, 5.74) is 7.45. The van der Waals surface area contributed by atoms with Crippen molar-refractivity contribution >= 4 is 36.4 Å². The van der Waals surface area contributed by atoms with Crippen LogP contribution in [0.5, 0.6) is 5.75 Å². The van der Waals surface area contributed by atoms with Gasteiger partial charge in [-0.15, -0.1) is 24.8 Å². The number of hydrogen-bond donors (Lipinski definition) is 2. The van der Waals surface area contributed by atoms with Crippen LogP contribution in [0.15, 0.2) is 54.6 Å². The van der Waals surface area contributed by atoms with E-state index in [1.807, 2.05) is 56.6 Å². The fourth-order valence-corrected chi connectivity index (χ4v) is 2.01. The first kappa shape index (κ1) is 23.2. The molecule has 0 aliphatic heterocycles. The molecule has 1 atom stereocenters. The maximum Gasteiger partial charge on any atom is 0.245 e. The average molecular weight is 386 g/mol. The Morgan fingerprint density at radius 1 is 1.08 bits per heavy atom. The van der Waals surface area contributed by atoms with Crippen LogP contribution in [0.2, 0.25) is 0 Å². The number of nitrogens with zero attached hydrogens (tertiary/aromatic N) is 1. The van der Waals surface area contributed by atoms with Crippen molar-refractivity contribution < 1.29 is 9.53 Å². The Bertz CT molecular complexity index is 622. The maximum absolute atomic E-state index is 12.2. The molecule has 2 aromatic carbocycles. The number of nitrogens with one attached hydrogen (secondary N) is 1. The molecule has 0 aliphatic rings. The van der Waals surface area contributed by atoms with Crippen molar-refractivity contribution in [1.82, 2.24) is 4.90 Å². The molecule has 138 valence electrons. The van der Waals surface area contributed by atoms with E-state index < -0.39 is 6.04 Å². The molecule has 0 heterocycles. The third-order valence-electron chi connectivity index (χ3n) is 3.37. The highest BCUT2D eigenvalue weighted by Gasteiger charge is 2.15. The molecule has 0 radical (unpaired) electrons. The van der Waals surface area contributed by atoms with Crippen LogP contribution in [0.3, 0.4) is 0 Å². The number of likely N-dealkylation sites (N-methyl/N-ethyl adjacent to an activating group) is 1. The highest BCUT2D eigenvalue weighted by Crippen LogP contribution is 2.17. The van der Waals surface area contributed by atoms with E-state index in [2.05, 4.69) is 10.2 Å². The van der Waals surface area contributed by atoms with E-state index in [1.165, 1.54) is 0 Å². The number of hydrogen-bond acceptors (Lipinski definition) is 4. The first-order chi connectivity index (χ1) is 11.1. The molecule has 5 nitrogen and oxygen atoms in total. The standard InChI is InChI=1S/C18H23N3O2.2ClH/c1-21(2)12-13-23-16-10-8-15(9-11-16)20-18(22)17(19)14-6-4-3-5-7-14;;/h3-11,17H,12-13,19H2,1-2H3,(H,20,22);2*1H. The molecule has 3 N–H and O–H groups in total. The lowest BCUT2D eigenvalue weighted by Crippen LogP contribution is -2.27. The van der Waals surface area contributed by atoms with Crippen molar-refractivity contribution in [3.8, 4) is 5.75 Å². The number of anilines is 1. The van der Waals surface area contributed by atoms with Crippen LogP contribution in [0.25, 0.3) is 0 Å². The topological polar surface area (TPSA) is 67.6 Å². The molecule has 0 fully saturated rings. The van der Waals surface area contributed by atoms with Crippen LogP contribution in [-0.2, 0) is 4.79 Å². The number of amides is 1. The first-order valence-corrected chi connectivity index (χ1v) is 7.55. The van der Waals surface area contributed by atoms with Gasteiger partial charge in [-0.05, 0) is 43.9 Å². The Balaban J connectivity index is 0.00000288. The van der Waals surface area contributed by atoms with Crippen molar-refractivity contribution in [1.29, 1.82) is 0 Å². The van der Waals surface area contributed by atoms with Gasteiger partial charge in [0.25, 0.3) is 0 Å². The van der Waals surface area contributed by atoms with Crippen molar-refractivity contribution in [2.24, 2.45) is 5.73 Å². The second-order valence-electron chi connectivity index (χ2n) is 5.55. The van der Waals surface area contributed by atoms with E-state index in [1.54, 1.807) is 12.1 Å². The van der Waals surface area contributed by atoms with Gasteiger partial charge in [-0.1, -0.05) is 30.3 Å². The van der Waals surface area contributed by atoms with Gasteiger partial charge in [0.05, 0.1) is 0 Å². The lowest BCUT2D eigenvalue weighted by Gasteiger charge is -2.13. The normalized spacial score (nSPS) is 11.0. The van der Waals surface area contributed by atoms with Gasteiger partial charge < -0.3 is 20.7 Å². The summed E-state index contributed by atoms with van der Waals surface area (Å²) in [5.74, 6) is 0.537. The fraction of sp³-hybridized carbons (Fsp3) is 0.278. The number of ether oxygens (including phenoxy) is 1. The number of rotatable bonds is 7. The Hall–Kier alpha value is -1.79. The zero-order valence-electron chi connectivity index (χ0n) is 14.3. The number of nitrogens with two attached hydrogens (primary N) is 1. The van der Waals surface area contributed by atoms with Crippen molar-refractivity contribution in [2.75, 3.05) is 32.6 Å². The molecule has 7 heteroatoms. The van der Waals surface area contributed by atoms with Crippen LogP contribution >= 0.6 is 24.8 Å². The highest BCUT2D eigenvalue weighted by molar-refractivity contribution is 5.95. The van der Waals surface area contributed by atoms with Gasteiger partial charge >= 0.3 is 0 Å². The monoisotopic (exact) mass is 385 g/mol. The van der Waals surface area contributed by atoms with Crippen molar-refractivity contribution in [3.05, 3.63) is 60.2 Å². The minimum Gasteiger partial charge on any atom is -0.492 e. The molecule has 25 heavy (non-hydrogen) atoms.